The van der Waals surface area contributed by atoms with Crippen molar-refractivity contribution in [2.75, 3.05) is 20.9 Å². The summed E-state index contributed by atoms with van der Waals surface area (Å²) in [6, 6.07) is 11.7. The Labute approximate surface area is 229 Å². The Morgan fingerprint density at radius 3 is 2.30 bits per heavy atom. The van der Waals surface area contributed by atoms with E-state index in [0.29, 0.717) is 34.6 Å². The number of aryl methyl sites for hydroxylation is 1. The van der Waals surface area contributed by atoms with E-state index in [2.05, 4.69) is 5.10 Å². The maximum Gasteiger partial charge on any atom is 0.280 e. The molecule has 1 aliphatic heterocycles. The third-order valence-electron chi connectivity index (χ3n) is 6.71. The highest BCUT2D eigenvalue weighted by molar-refractivity contribution is 6.05. The van der Waals surface area contributed by atoms with Crippen LogP contribution in [0.15, 0.2) is 59.7 Å². The molecule has 4 rings (SSSR count). The Morgan fingerprint density at radius 1 is 0.975 bits per heavy atom. The number of para-hydroxylation sites is 1. The number of hydrogen-bond acceptors (Lipinski definition) is 5. The minimum atomic E-state index is -1.11. The van der Waals surface area contributed by atoms with Crippen LogP contribution in [0.5, 0.6) is 11.5 Å². The molecule has 0 saturated carbocycles. The lowest BCUT2D eigenvalue weighted by atomic mass is 9.94. The number of rotatable bonds is 11. The number of hydrazone groups is 1. The summed E-state index contributed by atoms with van der Waals surface area (Å²) in [5, 5.41) is 5.43. The van der Waals surface area contributed by atoms with Gasteiger partial charge in [0.2, 0.25) is 0 Å². The quantitative estimate of drug-likeness (QED) is 0.258. The van der Waals surface area contributed by atoms with Crippen LogP contribution in [0.1, 0.15) is 58.8 Å². The Bertz CT molecular complexity index is 1400. The molecule has 1 aliphatic rings. The number of ketones is 1. The molecule has 3 aromatic rings. The topological polar surface area (TPSA) is 68.2 Å². The van der Waals surface area contributed by atoms with Crippen LogP contribution in [-0.4, -0.2) is 43.3 Å². The molecule has 0 aromatic heterocycles. The van der Waals surface area contributed by atoms with Gasteiger partial charge < -0.3 is 9.47 Å². The van der Waals surface area contributed by atoms with Gasteiger partial charge >= 0.3 is 0 Å². The van der Waals surface area contributed by atoms with E-state index in [1.54, 1.807) is 18.2 Å². The molecule has 1 unspecified atom stereocenters. The van der Waals surface area contributed by atoms with Gasteiger partial charge in [-0.15, -0.1) is 0 Å². The number of nitrogens with zero attached hydrogens (tertiary/aromatic N) is 2. The first kappa shape index (κ1) is 28.8. The van der Waals surface area contributed by atoms with E-state index in [0.717, 1.165) is 17.1 Å². The number of amides is 1. The number of hydrogen-bond donors (Lipinski definition) is 0. The Kier molecular flexibility index (Phi) is 9.19. The molecule has 0 bridgehead atoms. The van der Waals surface area contributed by atoms with Gasteiger partial charge in [-0.05, 0) is 36.1 Å². The monoisotopic (exact) mass is 556 g/mol. The SMILES string of the molecule is COc1cc(F)c(C(=O)N2N=C(c3ccc(F)cc3)CC2c2cccc(CCC(=O)CCCF)c2OC)c(F)c1. The highest BCUT2D eigenvalue weighted by atomic mass is 19.1. The van der Waals surface area contributed by atoms with E-state index in [1.807, 2.05) is 0 Å². The zero-order chi connectivity index (χ0) is 28.8. The lowest BCUT2D eigenvalue weighted by Crippen LogP contribution is -2.29. The number of methoxy groups -OCH3 is 2. The van der Waals surface area contributed by atoms with Gasteiger partial charge in [-0.3, -0.25) is 14.0 Å². The van der Waals surface area contributed by atoms with Crippen molar-refractivity contribution < 1.29 is 36.6 Å². The number of carbonyl (C=O) groups excluding carboxylic acids is 2. The fourth-order valence-electron chi connectivity index (χ4n) is 4.72. The maximum atomic E-state index is 14.9. The van der Waals surface area contributed by atoms with Crippen LogP contribution >= 0.6 is 0 Å². The third kappa shape index (κ3) is 6.16. The van der Waals surface area contributed by atoms with E-state index in [4.69, 9.17) is 9.47 Å². The van der Waals surface area contributed by atoms with Crippen LogP contribution in [0.3, 0.4) is 0 Å². The van der Waals surface area contributed by atoms with Crippen molar-refractivity contribution in [3.63, 3.8) is 0 Å². The fourth-order valence-corrected chi connectivity index (χ4v) is 4.72. The largest absolute Gasteiger partial charge is 0.497 e. The molecule has 1 heterocycles. The molecule has 0 N–H and O–H groups in total. The summed E-state index contributed by atoms with van der Waals surface area (Å²) in [6.07, 6.45) is 0.934. The maximum absolute atomic E-state index is 14.9. The number of ether oxygens (including phenoxy) is 2. The summed E-state index contributed by atoms with van der Waals surface area (Å²) in [5.41, 5.74) is 1.33. The Morgan fingerprint density at radius 2 is 1.68 bits per heavy atom. The molecule has 3 aromatic carbocycles. The molecule has 0 saturated heterocycles. The lowest BCUT2D eigenvalue weighted by Gasteiger charge is -2.25. The van der Waals surface area contributed by atoms with Gasteiger partial charge in [0.05, 0.1) is 32.6 Å². The zero-order valence-electron chi connectivity index (χ0n) is 22.1. The first-order valence-corrected chi connectivity index (χ1v) is 12.7. The van der Waals surface area contributed by atoms with Gasteiger partial charge in [-0.2, -0.15) is 5.10 Å². The summed E-state index contributed by atoms with van der Waals surface area (Å²) in [4.78, 5) is 25.8. The minimum absolute atomic E-state index is 0.0875. The Balaban J connectivity index is 1.74. The fraction of sp³-hybridized carbons (Fsp3) is 0.300. The van der Waals surface area contributed by atoms with Gasteiger partial charge in [-0.1, -0.05) is 30.3 Å². The molecule has 6 nitrogen and oxygen atoms in total. The standard InChI is InChI=1S/C30H28F4N2O4/c1-39-22-15-24(33)28(25(34)16-22)30(38)36-27(17-26(35-36)18-8-11-20(32)12-9-18)23-7-3-5-19(29(23)40-2)10-13-21(37)6-4-14-31/h3,5,7-9,11-12,15-16,27H,4,6,10,13-14,17H2,1-2H3. The summed E-state index contributed by atoms with van der Waals surface area (Å²) < 4.78 is 66.5. The van der Waals surface area contributed by atoms with Crippen LogP contribution in [0, 0.1) is 17.5 Å². The van der Waals surface area contributed by atoms with Crippen LogP contribution in [0.2, 0.25) is 0 Å². The molecule has 40 heavy (non-hydrogen) atoms. The van der Waals surface area contributed by atoms with Gasteiger partial charge in [-0.25, -0.2) is 18.2 Å². The van der Waals surface area contributed by atoms with Gasteiger partial charge in [0.1, 0.15) is 40.3 Å². The first-order chi connectivity index (χ1) is 19.3. The van der Waals surface area contributed by atoms with Gasteiger partial charge in [0.25, 0.3) is 5.91 Å². The smallest absolute Gasteiger partial charge is 0.280 e. The number of Topliss-reactive ketones (excluding diaryl/α,β-unsaturated/α-hetero) is 1. The van der Waals surface area contributed by atoms with Crippen molar-refractivity contribution in [1.82, 2.24) is 5.01 Å². The van der Waals surface area contributed by atoms with E-state index >= 15 is 0 Å². The van der Waals surface area contributed by atoms with Crippen molar-refractivity contribution in [1.29, 1.82) is 0 Å². The van der Waals surface area contributed by atoms with Crippen molar-refractivity contribution in [2.45, 2.75) is 38.1 Å². The molecule has 0 spiro atoms. The Hall–Kier alpha value is -4.21. The molecule has 0 radical (unpaired) electrons. The molecule has 10 heteroatoms. The van der Waals surface area contributed by atoms with Gasteiger partial charge in [0.15, 0.2) is 0 Å². The molecule has 1 atom stereocenters. The predicted molar refractivity (Wildman–Crippen MR) is 141 cm³/mol. The summed E-state index contributed by atoms with van der Waals surface area (Å²) in [6.45, 7) is -0.568. The van der Waals surface area contributed by atoms with Crippen LogP contribution in [0.4, 0.5) is 17.6 Å². The average Bonchev–Trinajstić information content (AvgIpc) is 3.39. The summed E-state index contributed by atoms with van der Waals surface area (Å²) in [5.74, 6) is -3.48. The summed E-state index contributed by atoms with van der Waals surface area (Å²) >= 11 is 0. The molecular formula is C30H28F4N2O4. The van der Waals surface area contributed by atoms with Crippen LogP contribution < -0.4 is 9.47 Å². The second-order valence-electron chi connectivity index (χ2n) is 9.26. The number of carbonyl (C=O) groups is 2. The van der Waals surface area contributed by atoms with Gasteiger partial charge in [0, 0.05) is 37.0 Å². The molecule has 210 valence electrons. The van der Waals surface area contributed by atoms with Crippen LogP contribution in [-0.2, 0) is 11.2 Å². The predicted octanol–water partition coefficient (Wildman–Crippen LogP) is 6.36. The normalized spacial score (nSPS) is 14.7. The highest BCUT2D eigenvalue weighted by Gasteiger charge is 2.38. The number of alkyl halides is 1. The van der Waals surface area contributed by atoms with E-state index in [1.165, 1.54) is 38.5 Å². The van der Waals surface area contributed by atoms with Crippen molar-refractivity contribution in [3.05, 3.63) is 94.3 Å². The number of benzene rings is 3. The summed E-state index contributed by atoms with van der Waals surface area (Å²) in [7, 11) is 2.69. The van der Waals surface area contributed by atoms with E-state index in [9.17, 15) is 27.2 Å². The van der Waals surface area contributed by atoms with Crippen molar-refractivity contribution in [2.24, 2.45) is 5.10 Å². The average molecular weight is 557 g/mol. The van der Waals surface area contributed by atoms with E-state index < -0.39 is 41.6 Å². The van der Waals surface area contributed by atoms with E-state index in [-0.39, 0.29) is 37.2 Å². The lowest BCUT2D eigenvalue weighted by molar-refractivity contribution is -0.119. The second kappa shape index (κ2) is 12.8. The zero-order valence-corrected chi connectivity index (χ0v) is 22.1. The second-order valence-corrected chi connectivity index (χ2v) is 9.26. The number of halogens is 4. The van der Waals surface area contributed by atoms with Crippen LogP contribution in [0.25, 0.3) is 0 Å². The molecule has 1 amide bonds. The highest BCUT2D eigenvalue weighted by Crippen LogP contribution is 2.40. The minimum Gasteiger partial charge on any atom is -0.497 e. The van der Waals surface area contributed by atoms with Crippen molar-refractivity contribution >= 4 is 17.4 Å². The third-order valence-corrected chi connectivity index (χ3v) is 6.71. The first-order valence-electron chi connectivity index (χ1n) is 12.7. The molecular weight excluding hydrogens is 528 g/mol. The molecule has 0 fully saturated rings. The molecule has 0 aliphatic carbocycles. The van der Waals surface area contributed by atoms with Crippen molar-refractivity contribution in [3.8, 4) is 11.5 Å².